The van der Waals surface area contributed by atoms with Crippen LogP contribution in [0.2, 0.25) is 0 Å². The van der Waals surface area contributed by atoms with Crippen molar-refractivity contribution in [3.8, 4) is 22.8 Å². The highest BCUT2D eigenvalue weighted by atomic mass is 16.5. The molecule has 2 heterocycles. The summed E-state index contributed by atoms with van der Waals surface area (Å²) in [5, 5.41) is 1.92. The summed E-state index contributed by atoms with van der Waals surface area (Å²) in [6.45, 7) is 5.81. The number of rotatable bonds is 8. The lowest BCUT2D eigenvalue weighted by Gasteiger charge is -2.36. The minimum Gasteiger partial charge on any atom is -0.495 e. The van der Waals surface area contributed by atoms with Gasteiger partial charge in [0, 0.05) is 54.5 Å². The molecule has 188 valence electrons. The van der Waals surface area contributed by atoms with Crippen molar-refractivity contribution in [2.24, 2.45) is 0 Å². The third kappa shape index (κ3) is 4.53. The fourth-order valence-corrected chi connectivity index (χ4v) is 5.52. The first-order valence-electron chi connectivity index (χ1n) is 13.0. The number of pyridine rings is 1. The summed E-state index contributed by atoms with van der Waals surface area (Å²) in [5.74, 6) is 1.73. The van der Waals surface area contributed by atoms with Crippen molar-refractivity contribution in [3.63, 3.8) is 0 Å². The van der Waals surface area contributed by atoms with Gasteiger partial charge in [-0.15, -0.1) is 0 Å². The van der Waals surface area contributed by atoms with Crippen molar-refractivity contribution < 1.29 is 14.3 Å². The predicted octanol–water partition coefficient (Wildman–Crippen LogP) is 5.44. The highest BCUT2D eigenvalue weighted by Gasteiger charge is 2.26. The molecule has 0 atom stereocenters. The fraction of sp³-hybridized carbons (Fsp3) is 0.290. The molecule has 1 aliphatic heterocycles. The predicted molar refractivity (Wildman–Crippen MR) is 147 cm³/mol. The van der Waals surface area contributed by atoms with E-state index in [1.807, 2.05) is 60.8 Å². The Kier molecular flexibility index (Phi) is 6.49. The van der Waals surface area contributed by atoms with E-state index in [0.717, 1.165) is 79.1 Å². The molecular formula is C31H31N3O3. The molecule has 0 spiro atoms. The zero-order valence-corrected chi connectivity index (χ0v) is 21.2. The van der Waals surface area contributed by atoms with E-state index in [9.17, 15) is 4.79 Å². The van der Waals surface area contributed by atoms with E-state index >= 15 is 0 Å². The third-order valence-corrected chi connectivity index (χ3v) is 7.44. The molecule has 0 bridgehead atoms. The summed E-state index contributed by atoms with van der Waals surface area (Å²) < 4.78 is 11.7. The Hall–Kier alpha value is -3.90. The number of hydrogen-bond donors (Lipinski definition) is 0. The molecule has 37 heavy (non-hydrogen) atoms. The second kappa shape index (κ2) is 10.2. The second-order valence-electron chi connectivity index (χ2n) is 9.66. The Morgan fingerprint density at radius 2 is 1.65 bits per heavy atom. The number of methoxy groups -OCH3 is 1. The summed E-state index contributed by atoms with van der Waals surface area (Å²) in [7, 11) is 1.73. The summed E-state index contributed by atoms with van der Waals surface area (Å²) in [4.78, 5) is 22.8. The van der Waals surface area contributed by atoms with Crippen molar-refractivity contribution in [2.75, 3.05) is 51.3 Å². The number of ether oxygens (including phenoxy) is 2. The van der Waals surface area contributed by atoms with Crippen LogP contribution < -0.4 is 14.4 Å². The number of carbonyl (C=O) groups is 1. The number of fused-ring (bicyclic) bond motifs is 2. The van der Waals surface area contributed by atoms with Gasteiger partial charge in [0.2, 0.25) is 0 Å². The third-order valence-electron chi connectivity index (χ3n) is 7.44. The first-order valence-corrected chi connectivity index (χ1v) is 13.0. The molecule has 4 aromatic rings. The second-order valence-corrected chi connectivity index (χ2v) is 9.66. The standard InChI is InChI=1S/C31H31N3O3/c1-36-28-11-5-4-10-27(28)34-17-15-33(16-18-34)14-6-7-19-37-23-20-22-12-13-32-30-24-8-2-3-9-25(24)31(35)26(21-23)29(22)30/h2-5,8-13,20-21H,6-7,14-19H2,1H3. The maximum Gasteiger partial charge on any atom is 0.194 e. The quantitative estimate of drug-likeness (QED) is 0.269. The van der Waals surface area contributed by atoms with E-state index in [0.29, 0.717) is 17.7 Å². The molecule has 0 N–H and O–H groups in total. The molecular weight excluding hydrogens is 462 g/mol. The van der Waals surface area contributed by atoms with Gasteiger partial charge in [-0.05, 0) is 55.1 Å². The van der Waals surface area contributed by atoms with Gasteiger partial charge in [-0.25, -0.2) is 0 Å². The largest absolute Gasteiger partial charge is 0.495 e. The van der Waals surface area contributed by atoms with Crippen molar-refractivity contribution in [1.82, 2.24) is 9.88 Å². The average molecular weight is 494 g/mol. The molecule has 0 amide bonds. The minimum atomic E-state index is 0.0406. The topological polar surface area (TPSA) is 54.9 Å². The van der Waals surface area contributed by atoms with Gasteiger partial charge in [-0.2, -0.15) is 0 Å². The Morgan fingerprint density at radius 1 is 0.865 bits per heavy atom. The maximum atomic E-state index is 13.2. The van der Waals surface area contributed by atoms with Crippen LogP contribution in [0.5, 0.6) is 11.5 Å². The summed E-state index contributed by atoms with van der Waals surface area (Å²) >= 11 is 0. The average Bonchev–Trinajstić information content (AvgIpc) is 2.96. The highest BCUT2D eigenvalue weighted by molar-refractivity contribution is 6.25. The van der Waals surface area contributed by atoms with Gasteiger partial charge < -0.3 is 14.4 Å². The van der Waals surface area contributed by atoms with E-state index in [-0.39, 0.29) is 5.78 Å². The summed E-state index contributed by atoms with van der Waals surface area (Å²) in [6, 6.07) is 21.8. The van der Waals surface area contributed by atoms with Crippen LogP contribution in [-0.2, 0) is 0 Å². The number of hydrogen-bond acceptors (Lipinski definition) is 6. The molecule has 6 heteroatoms. The number of unbranched alkanes of at least 4 members (excludes halogenated alkanes) is 1. The fourth-order valence-electron chi connectivity index (χ4n) is 5.52. The van der Waals surface area contributed by atoms with Crippen LogP contribution in [-0.4, -0.2) is 62.1 Å². The molecule has 1 fully saturated rings. The number of aromatic nitrogens is 1. The van der Waals surface area contributed by atoms with E-state index in [2.05, 4.69) is 26.9 Å². The molecule has 2 aliphatic rings. The normalized spacial score (nSPS) is 15.1. The van der Waals surface area contributed by atoms with Crippen LogP contribution in [0.1, 0.15) is 28.8 Å². The number of para-hydroxylation sites is 2. The molecule has 1 aliphatic carbocycles. The monoisotopic (exact) mass is 493 g/mol. The van der Waals surface area contributed by atoms with Gasteiger partial charge in [0.1, 0.15) is 11.5 Å². The van der Waals surface area contributed by atoms with Gasteiger partial charge in [-0.3, -0.25) is 14.7 Å². The van der Waals surface area contributed by atoms with Crippen LogP contribution in [0.15, 0.2) is 72.9 Å². The van der Waals surface area contributed by atoms with Gasteiger partial charge in [0.25, 0.3) is 0 Å². The lowest BCUT2D eigenvalue weighted by atomic mass is 9.85. The zero-order valence-electron chi connectivity index (χ0n) is 21.2. The first kappa shape index (κ1) is 23.5. The minimum absolute atomic E-state index is 0.0406. The lowest BCUT2D eigenvalue weighted by Crippen LogP contribution is -2.46. The van der Waals surface area contributed by atoms with Gasteiger partial charge >= 0.3 is 0 Å². The molecule has 1 saturated heterocycles. The van der Waals surface area contributed by atoms with Crippen LogP contribution >= 0.6 is 0 Å². The lowest BCUT2D eigenvalue weighted by molar-refractivity contribution is 0.103. The molecule has 0 unspecified atom stereocenters. The Bertz CT molecular complexity index is 1440. The molecule has 0 radical (unpaired) electrons. The molecule has 1 aromatic heterocycles. The van der Waals surface area contributed by atoms with Crippen LogP contribution in [0, 0.1) is 0 Å². The SMILES string of the molecule is COc1ccccc1N1CCN(CCCCOc2cc3c4c(nccc4c2)-c2ccccc2C3=O)CC1. The summed E-state index contributed by atoms with van der Waals surface area (Å²) in [5.41, 5.74) is 4.35. The summed E-state index contributed by atoms with van der Waals surface area (Å²) in [6.07, 6.45) is 3.86. The van der Waals surface area contributed by atoms with Gasteiger partial charge in [0.05, 0.1) is 25.1 Å². The van der Waals surface area contributed by atoms with Crippen LogP contribution in [0.3, 0.4) is 0 Å². The van der Waals surface area contributed by atoms with E-state index in [4.69, 9.17) is 9.47 Å². The van der Waals surface area contributed by atoms with Gasteiger partial charge in [0.15, 0.2) is 5.78 Å². The number of nitrogens with zero attached hydrogens (tertiary/aromatic N) is 3. The van der Waals surface area contributed by atoms with Crippen LogP contribution in [0.25, 0.3) is 22.0 Å². The number of ketones is 1. The maximum absolute atomic E-state index is 13.2. The van der Waals surface area contributed by atoms with E-state index in [1.54, 1.807) is 7.11 Å². The van der Waals surface area contributed by atoms with Crippen molar-refractivity contribution in [2.45, 2.75) is 12.8 Å². The van der Waals surface area contributed by atoms with Crippen molar-refractivity contribution >= 4 is 22.2 Å². The number of piperazine rings is 1. The zero-order chi connectivity index (χ0) is 25.2. The Morgan fingerprint density at radius 3 is 2.49 bits per heavy atom. The first-order chi connectivity index (χ1) is 18.2. The van der Waals surface area contributed by atoms with Gasteiger partial charge in [-0.1, -0.05) is 36.4 Å². The van der Waals surface area contributed by atoms with Crippen molar-refractivity contribution in [1.29, 1.82) is 0 Å². The van der Waals surface area contributed by atoms with E-state index < -0.39 is 0 Å². The van der Waals surface area contributed by atoms with E-state index in [1.165, 1.54) is 5.69 Å². The molecule has 3 aromatic carbocycles. The smallest absolute Gasteiger partial charge is 0.194 e. The Balaban J connectivity index is 1.03. The molecule has 0 saturated carbocycles. The Labute approximate surface area is 217 Å². The number of carbonyl (C=O) groups excluding carboxylic acids is 1. The molecule has 6 nitrogen and oxygen atoms in total. The number of benzene rings is 3. The van der Waals surface area contributed by atoms with Crippen molar-refractivity contribution in [3.05, 3.63) is 84.1 Å². The van der Waals surface area contributed by atoms with Crippen LogP contribution in [0.4, 0.5) is 5.69 Å². The highest BCUT2D eigenvalue weighted by Crippen LogP contribution is 2.39. The molecule has 6 rings (SSSR count). The number of anilines is 1.